The summed E-state index contributed by atoms with van der Waals surface area (Å²) < 4.78 is 1.08. The molecule has 6 heteroatoms. The molecule has 1 aliphatic heterocycles. The molecule has 20 heavy (non-hydrogen) atoms. The minimum atomic E-state index is -0.801. The molecule has 0 aromatic heterocycles. The van der Waals surface area contributed by atoms with E-state index in [0.717, 1.165) is 23.9 Å². The van der Waals surface area contributed by atoms with Crippen molar-refractivity contribution >= 4 is 27.9 Å². The van der Waals surface area contributed by atoms with Crippen molar-refractivity contribution in [2.75, 3.05) is 13.1 Å². The zero-order valence-corrected chi connectivity index (χ0v) is 12.9. The van der Waals surface area contributed by atoms with Crippen molar-refractivity contribution in [3.63, 3.8) is 0 Å². The van der Waals surface area contributed by atoms with Gasteiger partial charge >= 0.3 is 6.03 Å². The first-order valence-corrected chi connectivity index (χ1v) is 7.36. The molecule has 1 fully saturated rings. The van der Waals surface area contributed by atoms with E-state index in [1.807, 2.05) is 13.0 Å². The lowest BCUT2D eigenvalue weighted by Gasteiger charge is -2.24. The molecule has 1 aromatic carbocycles. The molecule has 0 saturated carbocycles. The summed E-state index contributed by atoms with van der Waals surface area (Å²) in [5.74, 6) is -0.349. The number of nitrogens with one attached hydrogen (secondary N) is 1. The molecule has 108 valence electrons. The number of carbonyl (C=O) groups is 2. The molecule has 1 unspecified atom stereocenters. The molecule has 3 N–H and O–H groups in total. The molecule has 0 aliphatic carbocycles. The lowest BCUT2D eigenvalue weighted by atomic mass is 10.0. The Morgan fingerprint density at radius 2 is 2.25 bits per heavy atom. The van der Waals surface area contributed by atoms with E-state index in [0.29, 0.717) is 0 Å². The molecule has 1 aliphatic rings. The number of nitrogens with two attached hydrogens (primary N) is 1. The lowest BCUT2D eigenvalue weighted by molar-refractivity contribution is -0.121. The molecule has 1 heterocycles. The SMILES string of the molecule is Cc1cc(C2CCCN2CC(=O)NC(N)=O)ccc1Br. The quantitative estimate of drug-likeness (QED) is 0.885. The molecular formula is C14H18BrN3O2. The van der Waals surface area contributed by atoms with Crippen molar-refractivity contribution in [2.45, 2.75) is 25.8 Å². The summed E-state index contributed by atoms with van der Waals surface area (Å²) >= 11 is 3.49. The number of amides is 3. The number of halogens is 1. The van der Waals surface area contributed by atoms with E-state index in [2.05, 4.69) is 38.3 Å². The van der Waals surface area contributed by atoms with Crippen molar-refractivity contribution in [1.82, 2.24) is 10.2 Å². The summed E-state index contributed by atoms with van der Waals surface area (Å²) in [7, 11) is 0. The van der Waals surface area contributed by atoms with Crippen molar-refractivity contribution in [2.24, 2.45) is 5.73 Å². The maximum absolute atomic E-state index is 11.6. The van der Waals surface area contributed by atoms with Crippen molar-refractivity contribution < 1.29 is 9.59 Å². The van der Waals surface area contributed by atoms with Crippen molar-refractivity contribution in [3.05, 3.63) is 33.8 Å². The number of rotatable bonds is 3. The van der Waals surface area contributed by atoms with Crippen LogP contribution in [0.2, 0.25) is 0 Å². The van der Waals surface area contributed by atoms with Crippen LogP contribution in [0.3, 0.4) is 0 Å². The predicted octanol–water partition coefficient (Wildman–Crippen LogP) is 2.09. The molecule has 0 radical (unpaired) electrons. The third-order valence-electron chi connectivity index (χ3n) is 3.54. The van der Waals surface area contributed by atoms with Gasteiger partial charge in [0.2, 0.25) is 5.91 Å². The van der Waals surface area contributed by atoms with Gasteiger partial charge in [0.15, 0.2) is 0 Å². The fourth-order valence-electron chi connectivity index (χ4n) is 2.63. The van der Waals surface area contributed by atoms with Gasteiger partial charge in [0.05, 0.1) is 6.54 Å². The first-order valence-electron chi connectivity index (χ1n) is 6.57. The fourth-order valence-corrected chi connectivity index (χ4v) is 2.88. The smallest absolute Gasteiger partial charge is 0.318 e. The Labute approximate surface area is 126 Å². The van der Waals surface area contributed by atoms with E-state index in [9.17, 15) is 9.59 Å². The van der Waals surface area contributed by atoms with Gasteiger partial charge in [-0.1, -0.05) is 28.1 Å². The summed E-state index contributed by atoms with van der Waals surface area (Å²) in [4.78, 5) is 24.4. The monoisotopic (exact) mass is 339 g/mol. The van der Waals surface area contributed by atoms with Crippen molar-refractivity contribution in [1.29, 1.82) is 0 Å². The van der Waals surface area contributed by atoms with Gasteiger partial charge in [-0.15, -0.1) is 0 Å². The average molecular weight is 340 g/mol. The van der Waals surface area contributed by atoms with Crippen LogP contribution in [0, 0.1) is 6.92 Å². The Kier molecular flexibility index (Phi) is 4.77. The second kappa shape index (κ2) is 6.37. The first-order chi connectivity index (χ1) is 9.47. The number of urea groups is 1. The number of primary amides is 1. The summed E-state index contributed by atoms with van der Waals surface area (Å²) in [5.41, 5.74) is 7.34. The van der Waals surface area contributed by atoms with Crippen LogP contribution >= 0.6 is 15.9 Å². The topological polar surface area (TPSA) is 75.4 Å². The number of imide groups is 1. The van der Waals surface area contributed by atoms with Gasteiger partial charge in [0.25, 0.3) is 0 Å². The number of hydrogen-bond donors (Lipinski definition) is 2. The second-order valence-electron chi connectivity index (χ2n) is 5.05. The average Bonchev–Trinajstić information content (AvgIpc) is 2.79. The van der Waals surface area contributed by atoms with Crippen LogP contribution in [0.25, 0.3) is 0 Å². The van der Waals surface area contributed by atoms with E-state index in [4.69, 9.17) is 5.73 Å². The molecule has 1 atom stereocenters. The van der Waals surface area contributed by atoms with Gasteiger partial charge in [-0.25, -0.2) is 4.79 Å². The summed E-state index contributed by atoms with van der Waals surface area (Å²) in [6.07, 6.45) is 2.06. The Balaban J connectivity index is 2.08. The molecule has 1 saturated heterocycles. The molecule has 2 rings (SSSR count). The Morgan fingerprint density at radius 3 is 2.90 bits per heavy atom. The minimum Gasteiger partial charge on any atom is -0.351 e. The second-order valence-corrected chi connectivity index (χ2v) is 5.90. The maximum Gasteiger partial charge on any atom is 0.318 e. The number of carbonyl (C=O) groups excluding carboxylic acids is 2. The van der Waals surface area contributed by atoms with Gasteiger partial charge in [-0.05, 0) is 43.5 Å². The van der Waals surface area contributed by atoms with Gasteiger partial charge in [-0.2, -0.15) is 0 Å². The van der Waals surface area contributed by atoms with E-state index in [1.165, 1.54) is 11.1 Å². The van der Waals surface area contributed by atoms with Gasteiger partial charge < -0.3 is 5.73 Å². The molecule has 5 nitrogen and oxygen atoms in total. The van der Waals surface area contributed by atoms with Crippen LogP contribution in [0.15, 0.2) is 22.7 Å². The molecule has 3 amide bonds. The largest absolute Gasteiger partial charge is 0.351 e. The highest BCUT2D eigenvalue weighted by Crippen LogP contribution is 2.33. The van der Waals surface area contributed by atoms with Crippen LogP contribution in [0.4, 0.5) is 4.79 Å². The summed E-state index contributed by atoms with van der Waals surface area (Å²) in [6, 6.07) is 5.67. The Morgan fingerprint density at radius 1 is 1.50 bits per heavy atom. The zero-order chi connectivity index (χ0) is 14.7. The molecule has 1 aromatic rings. The Bertz CT molecular complexity index is 533. The predicted molar refractivity (Wildman–Crippen MR) is 80.2 cm³/mol. The van der Waals surface area contributed by atoms with Crippen LogP contribution in [0.1, 0.15) is 30.0 Å². The third-order valence-corrected chi connectivity index (χ3v) is 4.43. The zero-order valence-electron chi connectivity index (χ0n) is 11.4. The minimum absolute atomic E-state index is 0.197. The van der Waals surface area contributed by atoms with E-state index < -0.39 is 6.03 Å². The van der Waals surface area contributed by atoms with Crippen LogP contribution < -0.4 is 11.1 Å². The van der Waals surface area contributed by atoms with E-state index >= 15 is 0 Å². The normalized spacial score (nSPS) is 19.0. The van der Waals surface area contributed by atoms with E-state index in [1.54, 1.807) is 0 Å². The third kappa shape index (κ3) is 3.58. The molecular weight excluding hydrogens is 322 g/mol. The van der Waals surface area contributed by atoms with Crippen LogP contribution in [-0.2, 0) is 4.79 Å². The number of aryl methyl sites for hydroxylation is 1. The highest BCUT2D eigenvalue weighted by molar-refractivity contribution is 9.10. The standard InChI is InChI=1S/C14H18BrN3O2/c1-9-7-10(4-5-11(9)15)12-3-2-6-18(12)8-13(19)17-14(16)20/h4-5,7,12H,2-3,6,8H2,1H3,(H3,16,17,19,20). The van der Waals surface area contributed by atoms with Gasteiger partial charge in [0, 0.05) is 10.5 Å². The summed E-state index contributed by atoms with van der Waals surface area (Å²) in [6.45, 7) is 3.10. The highest BCUT2D eigenvalue weighted by Gasteiger charge is 2.27. The molecule has 0 bridgehead atoms. The van der Waals surface area contributed by atoms with Crippen LogP contribution in [-0.4, -0.2) is 29.9 Å². The number of hydrogen-bond acceptors (Lipinski definition) is 3. The highest BCUT2D eigenvalue weighted by atomic mass is 79.9. The lowest BCUT2D eigenvalue weighted by Crippen LogP contribution is -2.42. The first kappa shape index (κ1) is 15.0. The van der Waals surface area contributed by atoms with E-state index in [-0.39, 0.29) is 18.5 Å². The van der Waals surface area contributed by atoms with Crippen LogP contribution in [0.5, 0.6) is 0 Å². The van der Waals surface area contributed by atoms with Gasteiger partial charge in [0.1, 0.15) is 0 Å². The number of benzene rings is 1. The maximum atomic E-state index is 11.6. The van der Waals surface area contributed by atoms with Gasteiger partial charge in [-0.3, -0.25) is 15.0 Å². The Hall–Kier alpha value is -1.40. The fraction of sp³-hybridized carbons (Fsp3) is 0.429. The number of nitrogens with zero attached hydrogens (tertiary/aromatic N) is 1. The number of likely N-dealkylation sites (tertiary alicyclic amines) is 1. The summed E-state index contributed by atoms with van der Waals surface area (Å²) in [5, 5.41) is 2.11. The van der Waals surface area contributed by atoms with Crippen molar-refractivity contribution in [3.8, 4) is 0 Å². The molecule has 0 spiro atoms.